The van der Waals surface area contributed by atoms with Crippen LogP contribution in [-0.2, 0) is 0 Å². The maximum atomic E-state index is 11.1. The summed E-state index contributed by atoms with van der Waals surface area (Å²) in [5.41, 5.74) is 2.03. The molecule has 0 bridgehead atoms. The van der Waals surface area contributed by atoms with Crippen LogP contribution in [0.25, 0.3) is 0 Å². The van der Waals surface area contributed by atoms with E-state index in [2.05, 4.69) is 30.3 Å². The van der Waals surface area contributed by atoms with Crippen LogP contribution in [0.1, 0.15) is 0 Å². The first kappa shape index (κ1) is 12.3. The number of nitrogen functional groups attached to an aromatic ring is 1. The van der Waals surface area contributed by atoms with Crippen LogP contribution < -0.4 is 21.6 Å². The maximum Gasteiger partial charge on any atom is 0.322 e. The maximum absolute atomic E-state index is 11.1. The number of nitrogens with zero attached hydrogens (tertiary/aromatic N) is 4. The minimum Gasteiger partial charge on any atom is -0.467 e. The van der Waals surface area contributed by atoms with E-state index >= 15 is 0 Å². The van der Waals surface area contributed by atoms with E-state index in [-0.39, 0.29) is 17.5 Å². The van der Waals surface area contributed by atoms with Crippen LogP contribution in [0.15, 0.2) is 27.4 Å². The Balaban J connectivity index is 2.30. The zero-order valence-corrected chi connectivity index (χ0v) is 10.1. The van der Waals surface area contributed by atoms with Crippen molar-refractivity contribution >= 4 is 17.7 Å². The van der Waals surface area contributed by atoms with Crippen LogP contribution in [0.2, 0.25) is 0 Å². The fourth-order valence-electron chi connectivity index (χ4n) is 1.03. The SMILES string of the molecule is COc1nc(NN)nc(Sc2nccc(=O)[nH]2)n1. The Bertz CT molecular complexity index is 580. The summed E-state index contributed by atoms with van der Waals surface area (Å²) in [6, 6.07) is 1.42. The number of aromatic nitrogens is 5. The van der Waals surface area contributed by atoms with Gasteiger partial charge in [0, 0.05) is 12.3 Å². The van der Waals surface area contributed by atoms with Crippen LogP contribution in [0.4, 0.5) is 5.95 Å². The number of aromatic amines is 1. The second kappa shape index (κ2) is 5.42. The lowest BCUT2D eigenvalue weighted by Crippen LogP contribution is -2.12. The Morgan fingerprint density at radius 3 is 2.94 bits per heavy atom. The van der Waals surface area contributed by atoms with Gasteiger partial charge in [-0.1, -0.05) is 0 Å². The van der Waals surface area contributed by atoms with Gasteiger partial charge in [-0.15, -0.1) is 0 Å². The van der Waals surface area contributed by atoms with Crippen LogP contribution in [0.3, 0.4) is 0 Å². The molecule has 0 aliphatic heterocycles. The lowest BCUT2D eigenvalue weighted by atomic mass is 10.7. The van der Waals surface area contributed by atoms with Gasteiger partial charge in [0.25, 0.3) is 5.56 Å². The van der Waals surface area contributed by atoms with Crippen molar-refractivity contribution < 1.29 is 4.74 Å². The van der Waals surface area contributed by atoms with Gasteiger partial charge in [-0.3, -0.25) is 10.2 Å². The molecule has 2 aromatic rings. The normalized spacial score (nSPS) is 10.1. The number of nitrogens with two attached hydrogens (primary N) is 1. The molecule has 0 fully saturated rings. The van der Waals surface area contributed by atoms with Gasteiger partial charge in [-0.25, -0.2) is 10.8 Å². The third kappa shape index (κ3) is 2.93. The first-order valence-electron chi connectivity index (χ1n) is 4.71. The molecule has 0 saturated carbocycles. The number of ether oxygens (including phenoxy) is 1. The number of hydrazine groups is 1. The molecule has 0 spiro atoms. The standard InChI is InChI=1S/C8H9N7O2S/c1-17-6-12-5(15-9)13-8(14-6)18-7-10-3-2-4(16)11-7/h2-3H,9H2,1H3,(H,10,11,16)(H,12,13,14,15). The van der Waals surface area contributed by atoms with Crippen molar-refractivity contribution in [3.63, 3.8) is 0 Å². The number of anilines is 1. The van der Waals surface area contributed by atoms with Crippen LogP contribution >= 0.6 is 11.8 Å². The lowest BCUT2D eigenvalue weighted by Gasteiger charge is -2.04. The molecular formula is C8H9N7O2S. The van der Waals surface area contributed by atoms with Gasteiger partial charge < -0.3 is 9.72 Å². The van der Waals surface area contributed by atoms with Gasteiger partial charge in [0.05, 0.1) is 7.11 Å². The molecule has 0 atom stereocenters. The first-order chi connectivity index (χ1) is 8.71. The molecule has 0 aromatic carbocycles. The summed E-state index contributed by atoms with van der Waals surface area (Å²) in [5, 5.41) is 0.655. The van der Waals surface area contributed by atoms with E-state index < -0.39 is 0 Å². The lowest BCUT2D eigenvalue weighted by molar-refractivity contribution is 0.373. The quantitative estimate of drug-likeness (QED) is 0.377. The van der Waals surface area contributed by atoms with Crippen molar-refractivity contribution in [3.05, 3.63) is 22.6 Å². The second-order valence-corrected chi connectivity index (χ2v) is 3.87. The van der Waals surface area contributed by atoms with Crippen LogP contribution in [0.5, 0.6) is 6.01 Å². The predicted octanol–water partition coefficient (Wildman–Crippen LogP) is -0.600. The van der Waals surface area contributed by atoms with E-state index in [1.807, 2.05) is 0 Å². The third-order valence-electron chi connectivity index (χ3n) is 1.74. The number of hydrogen-bond acceptors (Lipinski definition) is 9. The van der Waals surface area contributed by atoms with Crippen molar-refractivity contribution in [3.8, 4) is 6.01 Å². The number of nitrogens with one attached hydrogen (secondary N) is 2. The molecule has 0 aliphatic carbocycles. The van der Waals surface area contributed by atoms with E-state index in [1.54, 1.807) is 0 Å². The van der Waals surface area contributed by atoms with Gasteiger partial charge in [-0.2, -0.15) is 15.0 Å². The second-order valence-electron chi connectivity index (χ2n) is 2.91. The monoisotopic (exact) mass is 267 g/mol. The third-order valence-corrected chi connectivity index (χ3v) is 2.51. The Labute approximate surface area is 105 Å². The Kier molecular flexibility index (Phi) is 3.69. The van der Waals surface area contributed by atoms with Crippen LogP contribution in [0, 0.1) is 0 Å². The molecule has 0 unspecified atom stereocenters. The molecule has 2 heterocycles. The van der Waals surface area contributed by atoms with Crippen molar-refractivity contribution in [2.24, 2.45) is 5.84 Å². The van der Waals surface area contributed by atoms with Gasteiger partial charge in [0.1, 0.15) is 0 Å². The van der Waals surface area contributed by atoms with Gasteiger partial charge in [-0.05, 0) is 11.8 Å². The van der Waals surface area contributed by atoms with E-state index in [9.17, 15) is 4.79 Å². The largest absolute Gasteiger partial charge is 0.467 e. The average molecular weight is 267 g/mol. The highest BCUT2D eigenvalue weighted by Crippen LogP contribution is 2.21. The molecule has 0 radical (unpaired) electrons. The minimum atomic E-state index is -0.259. The highest BCUT2D eigenvalue weighted by molar-refractivity contribution is 7.99. The molecule has 18 heavy (non-hydrogen) atoms. The number of H-pyrrole nitrogens is 1. The molecule has 0 saturated heterocycles. The zero-order chi connectivity index (χ0) is 13.0. The Morgan fingerprint density at radius 1 is 1.44 bits per heavy atom. The van der Waals surface area contributed by atoms with Crippen molar-refractivity contribution in [1.29, 1.82) is 0 Å². The number of hydrogen-bond donors (Lipinski definition) is 3. The summed E-state index contributed by atoms with van der Waals surface area (Å²) < 4.78 is 4.90. The molecule has 10 heteroatoms. The van der Waals surface area contributed by atoms with E-state index in [1.165, 1.54) is 19.4 Å². The average Bonchev–Trinajstić information content (AvgIpc) is 2.38. The van der Waals surface area contributed by atoms with Gasteiger partial charge in [0.15, 0.2) is 5.16 Å². The topological polar surface area (TPSA) is 132 Å². The number of methoxy groups -OCH3 is 1. The van der Waals surface area contributed by atoms with Gasteiger partial charge in [0.2, 0.25) is 11.1 Å². The molecule has 2 aromatic heterocycles. The highest BCUT2D eigenvalue weighted by atomic mass is 32.2. The molecule has 4 N–H and O–H groups in total. The molecule has 0 aliphatic rings. The van der Waals surface area contributed by atoms with E-state index in [0.29, 0.717) is 10.3 Å². The fourth-order valence-corrected chi connectivity index (χ4v) is 1.72. The number of rotatable bonds is 4. The van der Waals surface area contributed by atoms with Crippen LogP contribution in [-0.4, -0.2) is 32.0 Å². The zero-order valence-electron chi connectivity index (χ0n) is 9.25. The molecule has 94 valence electrons. The minimum absolute atomic E-state index is 0.110. The van der Waals surface area contributed by atoms with Crippen molar-refractivity contribution in [2.75, 3.05) is 12.5 Å². The fraction of sp³-hybridized carbons (Fsp3) is 0.125. The highest BCUT2D eigenvalue weighted by Gasteiger charge is 2.08. The van der Waals surface area contributed by atoms with Gasteiger partial charge >= 0.3 is 6.01 Å². The molecule has 2 rings (SSSR count). The summed E-state index contributed by atoms with van der Waals surface area (Å²) in [7, 11) is 1.42. The van der Waals surface area contributed by atoms with Crippen molar-refractivity contribution in [2.45, 2.75) is 10.3 Å². The summed E-state index contributed by atoms with van der Waals surface area (Å²) in [5.74, 6) is 5.37. The first-order valence-corrected chi connectivity index (χ1v) is 5.53. The summed E-state index contributed by atoms with van der Waals surface area (Å²) in [6.07, 6.45) is 1.39. The van der Waals surface area contributed by atoms with E-state index in [0.717, 1.165) is 11.8 Å². The Morgan fingerprint density at radius 2 is 2.28 bits per heavy atom. The molecule has 0 amide bonds. The summed E-state index contributed by atoms with van der Waals surface area (Å²) in [4.78, 5) is 29.4. The van der Waals surface area contributed by atoms with Crippen molar-refractivity contribution in [1.82, 2.24) is 24.9 Å². The Hall–Kier alpha value is -2.20. The molecule has 9 nitrogen and oxygen atoms in total. The predicted molar refractivity (Wildman–Crippen MR) is 63.2 cm³/mol. The molecular weight excluding hydrogens is 258 g/mol. The smallest absolute Gasteiger partial charge is 0.322 e. The van der Waals surface area contributed by atoms with E-state index in [4.69, 9.17) is 10.6 Å². The summed E-state index contributed by atoms with van der Waals surface area (Å²) in [6.45, 7) is 0. The summed E-state index contributed by atoms with van der Waals surface area (Å²) >= 11 is 1.06.